The fourth-order valence-corrected chi connectivity index (χ4v) is 0.732. The SMILES string of the molecule is CC1=CC(O)N(C)C=C1. The summed E-state index contributed by atoms with van der Waals surface area (Å²) in [5.41, 5.74) is 1.11. The van der Waals surface area contributed by atoms with Gasteiger partial charge in [-0.25, -0.2) is 0 Å². The highest BCUT2D eigenvalue weighted by atomic mass is 16.3. The predicted molar refractivity (Wildman–Crippen MR) is 36.7 cm³/mol. The second-order valence-corrected chi connectivity index (χ2v) is 2.31. The fourth-order valence-electron chi connectivity index (χ4n) is 0.732. The topological polar surface area (TPSA) is 23.5 Å². The summed E-state index contributed by atoms with van der Waals surface area (Å²) in [6, 6.07) is 0. The Morgan fingerprint density at radius 3 is 2.78 bits per heavy atom. The van der Waals surface area contributed by atoms with E-state index in [1.807, 2.05) is 26.2 Å². The molecule has 0 amide bonds. The molecule has 0 saturated heterocycles. The molecule has 0 aromatic rings. The lowest BCUT2D eigenvalue weighted by Crippen LogP contribution is -2.26. The van der Waals surface area contributed by atoms with Gasteiger partial charge in [0.25, 0.3) is 0 Å². The molecule has 2 nitrogen and oxygen atoms in total. The number of aliphatic hydroxyl groups is 1. The van der Waals surface area contributed by atoms with E-state index in [4.69, 9.17) is 5.11 Å². The molecule has 1 N–H and O–H groups in total. The minimum atomic E-state index is -0.435. The summed E-state index contributed by atoms with van der Waals surface area (Å²) in [5.74, 6) is 0. The molecule has 1 unspecified atom stereocenters. The van der Waals surface area contributed by atoms with Crippen molar-refractivity contribution in [2.45, 2.75) is 13.2 Å². The summed E-state index contributed by atoms with van der Waals surface area (Å²) in [4.78, 5) is 1.74. The molecule has 1 aliphatic rings. The van der Waals surface area contributed by atoms with Crippen molar-refractivity contribution in [3.63, 3.8) is 0 Å². The minimum Gasteiger partial charge on any atom is -0.370 e. The van der Waals surface area contributed by atoms with Gasteiger partial charge in [-0.1, -0.05) is 0 Å². The summed E-state index contributed by atoms with van der Waals surface area (Å²) in [6.45, 7) is 1.96. The molecule has 0 saturated carbocycles. The third kappa shape index (κ3) is 1.33. The molecule has 1 rings (SSSR count). The smallest absolute Gasteiger partial charge is 0.146 e. The highest BCUT2D eigenvalue weighted by molar-refractivity contribution is 5.20. The van der Waals surface area contributed by atoms with Gasteiger partial charge in [-0.05, 0) is 24.6 Å². The van der Waals surface area contributed by atoms with Gasteiger partial charge in [0.05, 0.1) is 0 Å². The van der Waals surface area contributed by atoms with Gasteiger partial charge in [0, 0.05) is 13.2 Å². The molecule has 0 aromatic heterocycles. The van der Waals surface area contributed by atoms with E-state index in [-0.39, 0.29) is 0 Å². The van der Waals surface area contributed by atoms with Crippen LogP contribution >= 0.6 is 0 Å². The first-order chi connectivity index (χ1) is 4.20. The number of allylic oxidation sites excluding steroid dienone is 2. The number of hydrogen-bond donors (Lipinski definition) is 1. The van der Waals surface area contributed by atoms with Crippen LogP contribution < -0.4 is 0 Å². The molecule has 1 heterocycles. The van der Waals surface area contributed by atoms with Crippen LogP contribution in [0.4, 0.5) is 0 Å². The Bertz CT molecular complexity index is 160. The zero-order valence-electron chi connectivity index (χ0n) is 5.70. The van der Waals surface area contributed by atoms with Gasteiger partial charge in [0.2, 0.25) is 0 Å². The Balaban J connectivity index is 2.70. The number of hydrogen-bond acceptors (Lipinski definition) is 2. The molecular weight excluding hydrogens is 114 g/mol. The van der Waals surface area contributed by atoms with Crippen molar-refractivity contribution in [2.24, 2.45) is 0 Å². The number of aliphatic hydroxyl groups excluding tert-OH is 1. The van der Waals surface area contributed by atoms with Crippen LogP contribution in [0.25, 0.3) is 0 Å². The maximum Gasteiger partial charge on any atom is 0.146 e. The fraction of sp³-hybridized carbons (Fsp3) is 0.429. The Labute approximate surface area is 55.1 Å². The third-order valence-corrected chi connectivity index (χ3v) is 1.40. The lowest BCUT2D eigenvalue weighted by Gasteiger charge is -2.22. The van der Waals surface area contributed by atoms with Gasteiger partial charge in [-0.3, -0.25) is 0 Å². The van der Waals surface area contributed by atoms with Gasteiger partial charge in [-0.2, -0.15) is 0 Å². The van der Waals surface area contributed by atoms with Crippen LogP contribution in [-0.4, -0.2) is 23.3 Å². The molecule has 0 spiro atoms. The zero-order chi connectivity index (χ0) is 6.85. The van der Waals surface area contributed by atoms with Crippen LogP contribution in [0.5, 0.6) is 0 Å². The van der Waals surface area contributed by atoms with E-state index in [0.717, 1.165) is 5.57 Å². The molecule has 50 valence electrons. The molecule has 1 atom stereocenters. The van der Waals surface area contributed by atoms with Crippen molar-refractivity contribution in [2.75, 3.05) is 7.05 Å². The largest absolute Gasteiger partial charge is 0.370 e. The summed E-state index contributed by atoms with van der Waals surface area (Å²) in [5, 5.41) is 9.15. The first-order valence-electron chi connectivity index (χ1n) is 2.97. The van der Waals surface area contributed by atoms with Crippen LogP contribution in [0.2, 0.25) is 0 Å². The van der Waals surface area contributed by atoms with E-state index >= 15 is 0 Å². The van der Waals surface area contributed by atoms with Gasteiger partial charge in [-0.15, -0.1) is 0 Å². The van der Waals surface area contributed by atoms with Crippen LogP contribution in [0, 0.1) is 0 Å². The molecule has 0 aliphatic carbocycles. The van der Waals surface area contributed by atoms with Crippen molar-refractivity contribution in [3.8, 4) is 0 Å². The Kier molecular flexibility index (Phi) is 1.58. The number of likely N-dealkylation sites (N-methyl/N-ethyl adjacent to an activating group) is 1. The van der Waals surface area contributed by atoms with E-state index < -0.39 is 6.23 Å². The van der Waals surface area contributed by atoms with E-state index in [1.165, 1.54) is 0 Å². The predicted octanol–water partition coefficient (Wildman–Crippen LogP) is 0.710. The lowest BCUT2D eigenvalue weighted by molar-refractivity contribution is 0.0963. The van der Waals surface area contributed by atoms with E-state index in [2.05, 4.69) is 0 Å². The van der Waals surface area contributed by atoms with Gasteiger partial charge in [0.1, 0.15) is 6.23 Å². The van der Waals surface area contributed by atoms with Crippen LogP contribution in [0.3, 0.4) is 0 Å². The lowest BCUT2D eigenvalue weighted by atomic mass is 10.2. The minimum absolute atomic E-state index is 0.435. The monoisotopic (exact) mass is 125 g/mol. The maximum absolute atomic E-state index is 9.15. The maximum atomic E-state index is 9.15. The third-order valence-electron chi connectivity index (χ3n) is 1.40. The van der Waals surface area contributed by atoms with Crippen molar-refractivity contribution in [1.82, 2.24) is 4.90 Å². The first kappa shape index (κ1) is 6.36. The molecule has 9 heavy (non-hydrogen) atoms. The second-order valence-electron chi connectivity index (χ2n) is 2.31. The first-order valence-corrected chi connectivity index (χ1v) is 2.97. The average molecular weight is 125 g/mol. The van der Waals surface area contributed by atoms with E-state index in [1.54, 1.807) is 11.0 Å². The van der Waals surface area contributed by atoms with Crippen molar-refractivity contribution >= 4 is 0 Å². The van der Waals surface area contributed by atoms with Crippen LogP contribution in [0.15, 0.2) is 23.9 Å². The summed E-state index contributed by atoms with van der Waals surface area (Å²) >= 11 is 0. The Morgan fingerprint density at radius 1 is 1.67 bits per heavy atom. The van der Waals surface area contributed by atoms with E-state index in [0.29, 0.717) is 0 Å². The molecule has 0 radical (unpaired) electrons. The number of nitrogens with zero attached hydrogens (tertiary/aromatic N) is 1. The Morgan fingerprint density at radius 2 is 2.33 bits per heavy atom. The summed E-state index contributed by atoms with van der Waals surface area (Å²) in [7, 11) is 1.84. The second kappa shape index (κ2) is 2.23. The van der Waals surface area contributed by atoms with Gasteiger partial charge >= 0.3 is 0 Å². The summed E-state index contributed by atoms with van der Waals surface area (Å²) < 4.78 is 0. The molecule has 0 aromatic carbocycles. The van der Waals surface area contributed by atoms with Crippen LogP contribution in [-0.2, 0) is 0 Å². The highest BCUT2D eigenvalue weighted by Crippen LogP contribution is 2.07. The van der Waals surface area contributed by atoms with Crippen molar-refractivity contribution in [3.05, 3.63) is 23.9 Å². The molecular formula is C7H11NO. The molecule has 0 bridgehead atoms. The summed E-state index contributed by atoms with van der Waals surface area (Å²) in [6.07, 6.45) is 5.20. The van der Waals surface area contributed by atoms with Crippen molar-refractivity contribution < 1.29 is 5.11 Å². The Hall–Kier alpha value is -0.760. The number of rotatable bonds is 0. The standard InChI is InChI=1S/C7H11NO/c1-6-3-4-8(2)7(9)5-6/h3-5,7,9H,1-2H3. The van der Waals surface area contributed by atoms with Crippen LogP contribution in [0.1, 0.15) is 6.92 Å². The zero-order valence-corrected chi connectivity index (χ0v) is 5.70. The molecule has 1 aliphatic heterocycles. The average Bonchev–Trinajstić information content (AvgIpc) is 1.80. The van der Waals surface area contributed by atoms with Crippen molar-refractivity contribution in [1.29, 1.82) is 0 Å². The molecule has 0 fully saturated rings. The van der Waals surface area contributed by atoms with Gasteiger partial charge in [0.15, 0.2) is 0 Å². The molecule has 2 heteroatoms. The highest BCUT2D eigenvalue weighted by Gasteiger charge is 2.06. The van der Waals surface area contributed by atoms with Gasteiger partial charge < -0.3 is 10.0 Å². The van der Waals surface area contributed by atoms with E-state index in [9.17, 15) is 0 Å². The quantitative estimate of drug-likeness (QED) is 0.515. The normalized spacial score (nSPS) is 26.3.